The highest BCUT2D eigenvalue weighted by molar-refractivity contribution is 6.00. The van der Waals surface area contributed by atoms with E-state index in [-0.39, 0.29) is 18.1 Å². The Labute approximate surface area is 145 Å². The van der Waals surface area contributed by atoms with E-state index in [9.17, 15) is 9.59 Å². The van der Waals surface area contributed by atoms with Crippen molar-refractivity contribution in [3.05, 3.63) is 53.6 Å². The Balaban J connectivity index is 1.83. The van der Waals surface area contributed by atoms with Crippen LogP contribution < -0.4 is 0 Å². The predicted octanol–water partition coefficient (Wildman–Crippen LogP) is 1.65. The molecule has 2 aromatic rings. The molecule has 0 bridgehead atoms. The summed E-state index contributed by atoms with van der Waals surface area (Å²) in [5.41, 5.74) is 0.950. The van der Waals surface area contributed by atoms with E-state index >= 15 is 0 Å². The summed E-state index contributed by atoms with van der Waals surface area (Å²) >= 11 is 0. The fraction of sp³-hybridized carbons (Fsp3) is 0.353. The zero-order valence-electron chi connectivity index (χ0n) is 14.1. The van der Waals surface area contributed by atoms with Crippen LogP contribution in [-0.2, 0) is 32.3 Å². The molecule has 0 aliphatic heterocycles. The van der Waals surface area contributed by atoms with Gasteiger partial charge in [-0.3, -0.25) is 0 Å². The maximum absolute atomic E-state index is 11.9. The van der Waals surface area contributed by atoms with Gasteiger partial charge in [-0.25, -0.2) is 14.6 Å². The molecule has 0 fully saturated rings. The van der Waals surface area contributed by atoms with E-state index in [1.807, 2.05) is 30.3 Å². The third kappa shape index (κ3) is 5.13. The summed E-state index contributed by atoms with van der Waals surface area (Å²) in [4.78, 5) is 27.4. The molecule has 1 heterocycles. The maximum atomic E-state index is 11.9. The number of esters is 2. The van der Waals surface area contributed by atoms with E-state index in [4.69, 9.17) is 9.47 Å². The van der Waals surface area contributed by atoms with Crippen molar-refractivity contribution in [1.82, 2.24) is 9.55 Å². The third-order valence-electron chi connectivity index (χ3n) is 3.31. The Bertz CT molecular complexity index is 698. The predicted molar refractivity (Wildman–Crippen MR) is 87.0 cm³/mol. The molecule has 0 aliphatic carbocycles. The van der Waals surface area contributed by atoms with E-state index in [1.165, 1.54) is 25.1 Å². The molecule has 8 nitrogen and oxygen atoms in total. The Kier molecular flexibility index (Phi) is 7.12. The van der Waals surface area contributed by atoms with Gasteiger partial charge in [-0.05, 0) is 5.56 Å². The quantitative estimate of drug-likeness (QED) is 0.503. The zero-order chi connectivity index (χ0) is 18.1. The van der Waals surface area contributed by atoms with Crippen molar-refractivity contribution in [3.8, 4) is 0 Å². The number of methoxy groups -OCH3 is 2. The number of hydrogen-bond acceptors (Lipinski definition) is 7. The summed E-state index contributed by atoms with van der Waals surface area (Å²) in [5, 5.41) is 0. The standard InChI is InChI=1S/C17H20N2O6/c1-22-16(20)14-15(17(21)23-2)19(11-18-14)12-25-9-8-24-10-13-6-4-3-5-7-13/h3-7,11H,8-10,12H2,1-2H3. The van der Waals surface area contributed by atoms with Crippen LogP contribution in [0.3, 0.4) is 0 Å². The van der Waals surface area contributed by atoms with Crippen molar-refractivity contribution < 1.29 is 28.5 Å². The lowest BCUT2D eigenvalue weighted by Gasteiger charge is -2.09. The average molecular weight is 348 g/mol. The lowest BCUT2D eigenvalue weighted by molar-refractivity contribution is 0.0116. The molecule has 0 unspecified atom stereocenters. The zero-order valence-corrected chi connectivity index (χ0v) is 14.1. The number of carbonyl (C=O) groups is 2. The van der Waals surface area contributed by atoms with Crippen molar-refractivity contribution in [2.45, 2.75) is 13.3 Å². The van der Waals surface area contributed by atoms with Crippen LogP contribution in [0.4, 0.5) is 0 Å². The first kappa shape index (κ1) is 18.6. The summed E-state index contributed by atoms with van der Waals surface area (Å²) in [6, 6.07) is 9.79. The van der Waals surface area contributed by atoms with E-state index < -0.39 is 11.9 Å². The number of benzene rings is 1. The molecule has 0 saturated heterocycles. The van der Waals surface area contributed by atoms with Crippen LogP contribution in [-0.4, -0.2) is 48.9 Å². The summed E-state index contributed by atoms with van der Waals surface area (Å²) < 4.78 is 21.6. The Morgan fingerprint density at radius 3 is 2.36 bits per heavy atom. The van der Waals surface area contributed by atoms with Crippen molar-refractivity contribution in [2.24, 2.45) is 0 Å². The molecule has 1 aromatic carbocycles. The molecule has 0 aliphatic rings. The second kappa shape index (κ2) is 9.55. The summed E-state index contributed by atoms with van der Waals surface area (Å²) in [6.45, 7) is 1.23. The Hall–Kier alpha value is -2.71. The normalized spacial score (nSPS) is 10.5. The topological polar surface area (TPSA) is 88.9 Å². The van der Waals surface area contributed by atoms with Crippen LogP contribution in [0.25, 0.3) is 0 Å². The average Bonchev–Trinajstić information content (AvgIpc) is 3.08. The first-order valence-electron chi connectivity index (χ1n) is 7.58. The molecule has 0 N–H and O–H groups in total. The molecule has 25 heavy (non-hydrogen) atoms. The van der Waals surface area contributed by atoms with Gasteiger partial charge in [0, 0.05) is 0 Å². The number of aromatic nitrogens is 2. The molecule has 2 rings (SSSR count). The lowest BCUT2D eigenvalue weighted by Crippen LogP contribution is -2.17. The van der Waals surface area contributed by atoms with Crippen LogP contribution in [0.1, 0.15) is 26.5 Å². The van der Waals surface area contributed by atoms with E-state index in [0.29, 0.717) is 19.8 Å². The van der Waals surface area contributed by atoms with E-state index in [1.54, 1.807) is 0 Å². The minimum absolute atomic E-state index is 0.0143. The van der Waals surface area contributed by atoms with Crippen molar-refractivity contribution in [1.29, 1.82) is 0 Å². The second-order valence-electron chi connectivity index (χ2n) is 4.97. The van der Waals surface area contributed by atoms with Gasteiger partial charge in [-0.1, -0.05) is 30.3 Å². The molecule has 0 amide bonds. The minimum Gasteiger partial charge on any atom is -0.464 e. The van der Waals surface area contributed by atoms with Crippen molar-refractivity contribution in [2.75, 3.05) is 27.4 Å². The van der Waals surface area contributed by atoms with Gasteiger partial charge in [-0.15, -0.1) is 0 Å². The highest BCUT2D eigenvalue weighted by Crippen LogP contribution is 2.11. The van der Waals surface area contributed by atoms with Crippen LogP contribution in [0.15, 0.2) is 36.7 Å². The number of imidazole rings is 1. The van der Waals surface area contributed by atoms with Gasteiger partial charge in [0.1, 0.15) is 6.73 Å². The van der Waals surface area contributed by atoms with Crippen LogP contribution >= 0.6 is 0 Å². The monoisotopic (exact) mass is 348 g/mol. The fourth-order valence-corrected chi connectivity index (χ4v) is 2.08. The molecule has 8 heteroatoms. The third-order valence-corrected chi connectivity index (χ3v) is 3.31. The summed E-state index contributed by atoms with van der Waals surface area (Å²) in [5.74, 6) is -1.41. The van der Waals surface area contributed by atoms with Gasteiger partial charge in [0.25, 0.3) is 0 Å². The van der Waals surface area contributed by atoms with Crippen molar-refractivity contribution >= 4 is 11.9 Å². The molecular formula is C17H20N2O6. The minimum atomic E-state index is -0.717. The highest BCUT2D eigenvalue weighted by Gasteiger charge is 2.25. The van der Waals surface area contributed by atoms with Crippen molar-refractivity contribution in [3.63, 3.8) is 0 Å². The number of ether oxygens (including phenoxy) is 4. The van der Waals surface area contributed by atoms with Gasteiger partial charge in [0.15, 0.2) is 11.4 Å². The summed E-state index contributed by atoms with van der Waals surface area (Å²) in [6.07, 6.45) is 1.32. The molecule has 1 aromatic heterocycles. The first-order valence-corrected chi connectivity index (χ1v) is 7.58. The number of rotatable bonds is 9. The first-order chi connectivity index (χ1) is 12.2. The van der Waals surface area contributed by atoms with Crippen LogP contribution in [0.5, 0.6) is 0 Å². The number of nitrogens with zero attached hydrogens (tertiary/aromatic N) is 2. The van der Waals surface area contributed by atoms with Gasteiger partial charge < -0.3 is 23.5 Å². The van der Waals surface area contributed by atoms with E-state index in [2.05, 4.69) is 14.5 Å². The number of hydrogen-bond donors (Lipinski definition) is 0. The largest absolute Gasteiger partial charge is 0.464 e. The Morgan fingerprint density at radius 1 is 1.00 bits per heavy atom. The lowest BCUT2D eigenvalue weighted by atomic mass is 10.2. The van der Waals surface area contributed by atoms with E-state index in [0.717, 1.165) is 5.56 Å². The molecule has 0 spiro atoms. The fourth-order valence-electron chi connectivity index (χ4n) is 2.08. The molecule has 0 atom stereocenters. The SMILES string of the molecule is COC(=O)c1ncn(COCCOCc2ccccc2)c1C(=O)OC. The maximum Gasteiger partial charge on any atom is 0.359 e. The number of carbonyl (C=O) groups excluding carboxylic acids is 2. The van der Waals surface area contributed by atoms with Crippen LogP contribution in [0, 0.1) is 0 Å². The highest BCUT2D eigenvalue weighted by atomic mass is 16.5. The van der Waals surface area contributed by atoms with Gasteiger partial charge in [0.05, 0.1) is 40.4 Å². The molecule has 0 saturated carbocycles. The molecular weight excluding hydrogens is 328 g/mol. The van der Waals surface area contributed by atoms with Gasteiger partial charge in [0.2, 0.25) is 0 Å². The summed E-state index contributed by atoms with van der Waals surface area (Å²) in [7, 11) is 2.43. The van der Waals surface area contributed by atoms with Crippen LogP contribution in [0.2, 0.25) is 0 Å². The van der Waals surface area contributed by atoms with Gasteiger partial charge >= 0.3 is 11.9 Å². The smallest absolute Gasteiger partial charge is 0.359 e. The molecule has 134 valence electrons. The second-order valence-corrected chi connectivity index (χ2v) is 4.97. The van der Waals surface area contributed by atoms with Gasteiger partial charge in [-0.2, -0.15) is 0 Å². The molecule has 0 radical (unpaired) electrons. The Morgan fingerprint density at radius 2 is 1.68 bits per heavy atom.